The molecule has 0 aliphatic rings. The van der Waals surface area contributed by atoms with Crippen LogP contribution in [0.5, 0.6) is 0 Å². The van der Waals surface area contributed by atoms with E-state index in [0.717, 1.165) is 40.1 Å². The largest absolute Gasteiger partial charge is 0.356 e. The van der Waals surface area contributed by atoms with Crippen LogP contribution in [0.2, 0.25) is 0 Å². The van der Waals surface area contributed by atoms with E-state index in [1.807, 2.05) is 61.5 Å². The van der Waals surface area contributed by atoms with Crippen LogP contribution in [-0.2, 0) is 27.4 Å². The molecule has 0 aliphatic carbocycles. The van der Waals surface area contributed by atoms with Crippen molar-refractivity contribution in [2.24, 2.45) is 0 Å². The first-order valence-electron chi connectivity index (χ1n) is 9.87. The normalized spacial score (nSPS) is 12.8. The number of ether oxygens (including phenoxy) is 1. The van der Waals surface area contributed by atoms with Gasteiger partial charge in [0.1, 0.15) is 0 Å². The van der Waals surface area contributed by atoms with E-state index >= 15 is 0 Å². The molecule has 2 aromatic carbocycles. The second kappa shape index (κ2) is 9.55. The van der Waals surface area contributed by atoms with Crippen molar-refractivity contribution in [3.8, 4) is 22.5 Å². The van der Waals surface area contributed by atoms with Gasteiger partial charge in [0.15, 0.2) is 5.76 Å². The Labute approximate surface area is 180 Å². The zero-order valence-corrected chi connectivity index (χ0v) is 17.6. The first kappa shape index (κ1) is 22.2. The van der Waals surface area contributed by atoms with E-state index in [0.29, 0.717) is 0 Å². The highest BCUT2D eigenvalue weighted by Gasteiger charge is 2.42. The number of benzene rings is 2. The number of nitrogens with one attached hydrogen (secondary N) is 2. The lowest BCUT2D eigenvalue weighted by molar-refractivity contribution is -0.165. The summed E-state index contributed by atoms with van der Waals surface area (Å²) in [5, 5.41) is 15.3. The molecule has 0 radical (unpaired) electrons. The van der Waals surface area contributed by atoms with Crippen LogP contribution >= 0.6 is 0 Å². The monoisotopic (exact) mass is 423 g/mol. The Morgan fingerprint density at radius 1 is 1.03 bits per heavy atom. The Balaban J connectivity index is 1.69. The second-order valence-electron chi connectivity index (χ2n) is 7.15. The molecule has 1 unspecified atom stereocenters. The fourth-order valence-electron chi connectivity index (χ4n) is 3.04. The van der Waals surface area contributed by atoms with Gasteiger partial charge in [-0.05, 0) is 30.0 Å². The number of hydrogen-bond donors (Lipinski definition) is 3. The first-order chi connectivity index (χ1) is 14.9. The Hall–Kier alpha value is -3.49. The van der Waals surface area contributed by atoms with Crippen molar-refractivity contribution in [3.05, 3.63) is 65.9 Å². The number of nitrogens with zero attached hydrogens (tertiary/aromatic N) is 1. The molecule has 0 aliphatic heterocycles. The molecular formula is C23H25N3O5. The molecular weight excluding hydrogens is 398 g/mol. The Kier molecular flexibility index (Phi) is 6.84. The summed E-state index contributed by atoms with van der Waals surface area (Å²) in [7, 11) is 1.39. The number of aromatic nitrogens is 1. The third-order valence-electron chi connectivity index (χ3n) is 5.10. The number of hydroxylamine groups is 1. The average molecular weight is 423 g/mol. The maximum absolute atomic E-state index is 12.0. The highest BCUT2D eigenvalue weighted by atomic mass is 16.5. The van der Waals surface area contributed by atoms with Gasteiger partial charge in [-0.3, -0.25) is 14.8 Å². The molecule has 3 rings (SSSR count). The molecule has 0 bridgehead atoms. The van der Waals surface area contributed by atoms with E-state index in [9.17, 15) is 9.59 Å². The SMILES string of the molecule is CCc1cc(-c2ccc(-c3ccc(COC(C)(C(=O)NC)C(=O)NO)cc3)cc2)on1. The summed E-state index contributed by atoms with van der Waals surface area (Å²) in [5.41, 5.74) is 4.30. The maximum Gasteiger partial charge on any atom is 0.285 e. The predicted molar refractivity (Wildman–Crippen MR) is 114 cm³/mol. The molecule has 8 heteroatoms. The molecule has 3 N–H and O–H groups in total. The molecule has 0 fully saturated rings. The van der Waals surface area contributed by atoms with Crippen LogP contribution in [0.1, 0.15) is 25.1 Å². The summed E-state index contributed by atoms with van der Waals surface area (Å²) in [4.78, 5) is 23.9. The van der Waals surface area contributed by atoms with Crippen molar-refractivity contribution in [2.75, 3.05) is 7.05 Å². The molecule has 1 aromatic heterocycles. The van der Waals surface area contributed by atoms with Crippen molar-refractivity contribution in [2.45, 2.75) is 32.5 Å². The van der Waals surface area contributed by atoms with Gasteiger partial charge in [0.05, 0.1) is 12.3 Å². The van der Waals surface area contributed by atoms with E-state index in [2.05, 4.69) is 10.5 Å². The van der Waals surface area contributed by atoms with Gasteiger partial charge in [0, 0.05) is 18.7 Å². The number of rotatable bonds is 8. The van der Waals surface area contributed by atoms with E-state index in [4.69, 9.17) is 14.5 Å². The standard InChI is InChI=1S/C23H25N3O5/c1-4-19-13-20(31-26-19)18-11-9-17(10-12-18)16-7-5-15(6-8-16)14-30-23(2,21(27)24-3)22(28)25-29/h5-13,29H,4,14H2,1-3H3,(H,24,27)(H,25,28). The van der Waals surface area contributed by atoms with Crippen LogP contribution in [0.25, 0.3) is 22.5 Å². The summed E-state index contributed by atoms with van der Waals surface area (Å²) in [5.74, 6) is -0.864. The zero-order valence-electron chi connectivity index (χ0n) is 17.6. The van der Waals surface area contributed by atoms with Crippen LogP contribution in [-0.4, -0.2) is 34.8 Å². The summed E-state index contributed by atoms with van der Waals surface area (Å²) in [6, 6.07) is 17.5. The Morgan fingerprint density at radius 3 is 2.13 bits per heavy atom. The van der Waals surface area contributed by atoms with Crippen LogP contribution < -0.4 is 10.8 Å². The molecule has 2 amide bonds. The van der Waals surface area contributed by atoms with Gasteiger partial charge in [-0.15, -0.1) is 0 Å². The molecule has 31 heavy (non-hydrogen) atoms. The topological polar surface area (TPSA) is 114 Å². The van der Waals surface area contributed by atoms with Crippen LogP contribution in [0, 0.1) is 0 Å². The number of carbonyl (C=O) groups is 2. The zero-order chi connectivity index (χ0) is 22.4. The van der Waals surface area contributed by atoms with Gasteiger partial charge in [-0.1, -0.05) is 60.6 Å². The van der Waals surface area contributed by atoms with Crippen LogP contribution in [0.15, 0.2) is 59.1 Å². The van der Waals surface area contributed by atoms with Gasteiger partial charge in [0.2, 0.25) is 5.60 Å². The predicted octanol–water partition coefficient (Wildman–Crippen LogP) is 3.10. The molecule has 1 heterocycles. The average Bonchev–Trinajstić information content (AvgIpc) is 3.31. The summed E-state index contributed by atoms with van der Waals surface area (Å²) in [6.07, 6.45) is 0.824. The lowest BCUT2D eigenvalue weighted by Gasteiger charge is -2.25. The maximum atomic E-state index is 12.0. The van der Waals surface area contributed by atoms with Crippen molar-refractivity contribution in [3.63, 3.8) is 0 Å². The second-order valence-corrected chi connectivity index (χ2v) is 7.15. The Morgan fingerprint density at radius 2 is 1.61 bits per heavy atom. The fraction of sp³-hybridized carbons (Fsp3) is 0.261. The van der Waals surface area contributed by atoms with Crippen LogP contribution in [0.3, 0.4) is 0 Å². The summed E-state index contributed by atoms with van der Waals surface area (Å²) >= 11 is 0. The number of carbonyl (C=O) groups excluding carboxylic acids is 2. The quantitative estimate of drug-likeness (QED) is 0.291. The van der Waals surface area contributed by atoms with Crippen molar-refractivity contribution in [1.29, 1.82) is 0 Å². The first-order valence-corrected chi connectivity index (χ1v) is 9.87. The molecule has 8 nitrogen and oxygen atoms in total. The van der Waals surface area contributed by atoms with E-state index in [1.165, 1.54) is 19.5 Å². The van der Waals surface area contributed by atoms with Gasteiger partial charge in [-0.2, -0.15) is 0 Å². The number of hydrogen-bond acceptors (Lipinski definition) is 6. The fourth-order valence-corrected chi connectivity index (χ4v) is 3.04. The molecule has 3 aromatic rings. The highest BCUT2D eigenvalue weighted by Crippen LogP contribution is 2.26. The smallest absolute Gasteiger partial charge is 0.285 e. The van der Waals surface area contributed by atoms with Gasteiger partial charge in [0.25, 0.3) is 11.8 Å². The molecule has 0 saturated carbocycles. The molecule has 0 saturated heterocycles. The summed E-state index contributed by atoms with van der Waals surface area (Å²) < 4.78 is 10.9. The van der Waals surface area contributed by atoms with Crippen molar-refractivity contribution in [1.82, 2.24) is 16.0 Å². The van der Waals surface area contributed by atoms with Gasteiger partial charge >= 0.3 is 0 Å². The molecule has 0 spiro atoms. The molecule has 1 atom stereocenters. The van der Waals surface area contributed by atoms with E-state index in [-0.39, 0.29) is 6.61 Å². The van der Waals surface area contributed by atoms with Crippen molar-refractivity contribution >= 4 is 11.8 Å². The number of likely N-dealkylation sites (N-methyl/N-ethyl adjacent to an activating group) is 1. The minimum Gasteiger partial charge on any atom is -0.356 e. The van der Waals surface area contributed by atoms with Crippen LogP contribution in [0.4, 0.5) is 0 Å². The lowest BCUT2D eigenvalue weighted by atomic mass is 10.0. The molecule has 162 valence electrons. The number of amides is 2. The van der Waals surface area contributed by atoms with E-state index in [1.54, 1.807) is 0 Å². The third-order valence-corrected chi connectivity index (χ3v) is 5.10. The number of aryl methyl sites for hydroxylation is 1. The third kappa shape index (κ3) is 4.82. The van der Waals surface area contributed by atoms with Crippen molar-refractivity contribution < 1.29 is 24.1 Å². The minimum atomic E-state index is -1.85. The summed E-state index contributed by atoms with van der Waals surface area (Å²) in [6.45, 7) is 3.34. The van der Waals surface area contributed by atoms with Gasteiger partial charge in [-0.25, -0.2) is 5.48 Å². The Bertz CT molecular complexity index is 1030. The van der Waals surface area contributed by atoms with E-state index < -0.39 is 17.4 Å². The highest BCUT2D eigenvalue weighted by molar-refractivity contribution is 6.07. The minimum absolute atomic E-state index is 0.0157. The van der Waals surface area contributed by atoms with Gasteiger partial charge < -0.3 is 14.6 Å². The lowest BCUT2D eigenvalue weighted by Crippen LogP contribution is -2.55.